The summed E-state index contributed by atoms with van der Waals surface area (Å²) in [7, 11) is 0. The van der Waals surface area contributed by atoms with Gasteiger partial charge in [-0.15, -0.1) is 0 Å². The molecule has 0 aliphatic heterocycles. The maximum atomic E-state index is 13.1. The molecule has 1 nitrogen and oxygen atoms in total. The Labute approximate surface area is 103 Å². The zero-order valence-corrected chi connectivity index (χ0v) is 10.8. The molecule has 1 saturated carbocycles. The summed E-state index contributed by atoms with van der Waals surface area (Å²) in [5.74, 6) is 0.779. The second-order valence-electron chi connectivity index (χ2n) is 5.42. The lowest BCUT2D eigenvalue weighted by Gasteiger charge is -2.27. The van der Waals surface area contributed by atoms with Crippen molar-refractivity contribution in [3.63, 3.8) is 0 Å². The van der Waals surface area contributed by atoms with E-state index in [1.807, 2.05) is 19.1 Å². The maximum Gasteiger partial charge on any atom is 0.126 e. The summed E-state index contributed by atoms with van der Waals surface area (Å²) < 4.78 is 13.1. The Hall–Kier alpha value is -0.890. The van der Waals surface area contributed by atoms with Crippen molar-refractivity contribution >= 4 is 0 Å². The van der Waals surface area contributed by atoms with Crippen LogP contribution in [-0.4, -0.2) is 6.04 Å². The van der Waals surface area contributed by atoms with E-state index < -0.39 is 0 Å². The van der Waals surface area contributed by atoms with E-state index in [1.54, 1.807) is 6.07 Å². The molecule has 0 unspecified atom stereocenters. The Morgan fingerprint density at radius 1 is 1.24 bits per heavy atom. The molecule has 1 aliphatic rings. The van der Waals surface area contributed by atoms with Gasteiger partial charge in [-0.3, -0.25) is 0 Å². The minimum atomic E-state index is -0.111. The van der Waals surface area contributed by atoms with E-state index in [0.29, 0.717) is 6.04 Å². The number of nitrogens with one attached hydrogen (secondary N) is 1. The van der Waals surface area contributed by atoms with Gasteiger partial charge in [0.2, 0.25) is 0 Å². The third kappa shape index (κ3) is 3.53. The van der Waals surface area contributed by atoms with Gasteiger partial charge in [0.25, 0.3) is 0 Å². The Morgan fingerprint density at radius 3 is 2.59 bits per heavy atom. The SMILES string of the molecule is Cc1cc(CNC2CCC(C)CC2)ccc1F. The lowest BCUT2D eigenvalue weighted by atomic mass is 9.87. The van der Waals surface area contributed by atoms with Gasteiger partial charge < -0.3 is 5.32 Å². The summed E-state index contributed by atoms with van der Waals surface area (Å²) in [4.78, 5) is 0. The first-order valence-corrected chi connectivity index (χ1v) is 6.63. The topological polar surface area (TPSA) is 12.0 Å². The fourth-order valence-corrected chi connectivity index (χ4v) is 2.54. The van der Waals surface area contributed by atoms with Crippen LogP contribution in [0.3, 0.4) is 0 Å². The van der Waals surface area contributed by atoms with Gasteiger partial charge in [-0.25, -0.2) is 4.39 Å². The first-order chi connectivity index (χ1) is 8.15. The highest BCUT2D eigenvalue weighted by atomic mass is 19.1. The molecular weight excluding hydrogens is 213 g/mol. The molecule has 1 aliphatic carbocycles. The molecule has 0 spiro atoms. The molecule has 1 fully saturated rings. The first-order valence-electron chi connectivity index (χ1n) is 6.63. The van der Waals surface area contributed by atoms with Gasteiger partial charge in [0, 0.05) is 12.6 Å². The van der Waals surface area contributed by atoms with Crippen LogP contribution >= 0.6 is 0 Å². The van der Waals surface area contributed by atoms with Gasteiger partial charge >= 0.3 is 0 Å². The second kappa shape index (κ2) is 5.63. The van der Waals surface area contributed by atoms with Gasteiger partial charge in [-0.2, -0.15) is 0 Å². The molecule has 94 valence electrons. The molecule has 0 amide bonds. The minimum absolute atomic E-state index is 0.111. The molecule has 0 bridgehead atoms. The summed E-state index contributed by atoms with van der Waals surface area (Å²) in [6.45, 7) is 5.01. The average Bonchev–Trinajstić information content (AvgIpc) is 2.33. The summed E-state index contributed by atoms with van der Waals surface area (Å²) in [6, 6.07) is 6.03. The molecular formula is C15H22FN. The zero-order chi connectivity index (χ0) is 12.3. The van der Waals surface area contributed by atoms with E-state index in [1.165, 1.54) is 31.2 Å². The number of hydrogen-bond acceptors (Lipinski definition) is 1. The largest absolute Gasteiger partial charge is 0.310 e. The highest BCUT2D eigenvalue weighted by molar-refractivity contribution is 5.23. The lowest BCUT2D eigenvalue weighted by Crippen LogP contribution is -2.32. The second-order valence-corrected chi connectivity index (χ2v) is 5.42. The molecule has 1 aromatic carbocycles. The van der Waals surface area contributed by atoms with Crippen LogP contribution in [0.25, 0.3) is 0 Å². The van der Waals surface area contributed by atoms with E-state index in [0.717, 1.165) is 18.0 Å². The highest BCUT2D eigenvalue weighted by Crippen LogP contribution is 2.23. The molecule has 2 rings (SSSR count). The van der Waals surface area contributed by atoms with Gasteiger partial charge in [-0.05, 0) is 55.7 Å². The normalized spacial score (nSPS) is 24.9. The van der Waals surface area contributed by atoms with Crippen LogP contribution in [0.5, 0.6) is 0 Å². The summed E-state index contributed by atoms with van der Waals surface area (Å²) in [5.41, 5.74) is 1.92. The predicted molar refractivity (Wildman–Crippen MR) is 69.4 cm³/mol. The number of halogens is 1. The van der Waals surface area contributed by atoms with Gasteiger partial charge in [-0.1, -0.05) is 19.1 Å². The number of hydrogen-bond donors (Lipinski definition) is 1. The lowest BCUT2D eigenvalue weighted by molar-refractivity contribution is 0.306. The quantitative estimate of drug-likeness (QED) is 0.840. The summed E-state index contributed by atoms with van der Waals surface area (Å²) in [5, 5.41) is 3.58. The minimum Gasteiger partial charge on any atom is -0.310 e. The molecule has 0 atom stereocenters. The van der Waals surface area contributed by atoms with E-state index in [2.05, 4.69) is 12.2 Å². The molecule has 0 heterocycles. The van der Waals surface area contributed by atoms with Gasteiger partial charge in [0.15, 0.2) is 0 Å². The van der Waals surface area contributed by atoms with Gasteiger partial charge in [0.05, 0.1) is 0 Å². The van der Waals surface area contributed by atoms with Crippen LogP contribution in [0.4, 0.5) is 4.39 Å². The number of benzene rings is 1. The van der Waals surface area contributed by atoms with Crippen molar-refractivity contribution in [2.45, 2.75) is 52.1 Å². The molecule has 0 saturated heterocycles. The highest BCUT2D eigenvalue weighted by Gasteiger charge is 2.17. The Bertz CT molecular complexity index is 367. The first kappa shape index (κ1) is 12.6. The van der Waals surface area contributed by atoms with Crippen molar-refractivity contribution in [2.75, 3.05) is 0 Å². The van der Waals surface area contributed by atoms with Crippen LogP contribution in [0, 0.1) is 18.7 Å². The Kier molecular flexibility index (Phi) is 4.16. The predicted octanol–water partition coefficient (Wildman–Crippen LogP) is 3.80. The van der Waals surface area contributed by atoms with Crippen molar-refractivity contribution in [1.29, 1.82) is 0 Å². The fourth-order valence-electron chi connectivity index (χ4n) is 2.54. The smallest absolute Gasteiger partial charge is 0.126 e. The molecule has 17 heavy (non-hydrogen) atoms. The third-order valence-electron chi connectivity index (χ3n) is 3.83. The standard InChI is InChI=1S/C15H22FN/c1-11-3-6-14(7-4-11)17-10-13-5-8-15(16)12(2)9-13/h5,8-9,11,14,17H,3-4,6-7,10H2,1-2H3. The van der Waals surface area contributed by atoms with Crippen molar-refractivity contribution in [1.82, 2.24) is 5.32 Å². The van der Waals surface area contributed by atoms with E-state index in [-0.39, 0.29) is 5.82 Å². The van der Waals surface area contributed by atoms with Crippen molar-refractivity contribution in [2.24, 2.45) is 5.92 Å². The molecule has 1 aromatic rings. The van der Waals surface area contributed by atoms with Crippen molar-refractivity contribution in [3.05, 3.63) is 35.1 Å². The van der Waals surface area contributed by atoms with Crippen molar-refractivity contribution < 1.29 is 4.39 Å². The summed E-state index contributed by atoms with van der Waals surface area (Å²) in [6.07, 6.45) is 5.23. The van der Waals surface area contributed by atoms with Crippen LogP contribution in [0.2, 0.25) is 0 Å². The number of aryl methyl sites for hydroxylation is 1. The molecule has 0 radical (unpaired) electrons. The van der Waals surface area contributed by atoms with Crippen LogP contribution in [0.1, 0.15) is 43.7 Å². The maximum absolute atomic E-state index is 13.1. The van der Waals surface area contributed by atoms with Crippen molar-refractivity contribution in [3.8, 4) is 0 Å². The van der Waals surface area contributed by atoms with Gasteiger partial charge in [0.1, 0.15) is 5.82 Å². The summed E-state index contributed by atoms with van der Waals surface area (Å²) >= 11 is 0. The fraction of sp³-hybridized carbons (Fsp3) is 0.600. The van der Waals surface area contributed by atoms with E-state index in [4.69, 9.17) is 0 Å². The third-order valence-corrected chi connectivity index (χ3v) is 3.83. The van der Waals surface area contributed by atoms with E-state index >= 15 is 0 Å². The Balaban J connectivity index is 1.83. The Morgan fingerprint density at radius 2 is 1.94 bits per heavy atom. The van der Waals surface area contributed by atoms with E-state index in [9.17, 15) is 4.39 Å². The molecule has 2 heteroatoms. The zero-order valence-electron chi connectivity index (χ0n) is 10.8. The number of rotatable bonds is 3. The average molecular weight is 235 g/mol. The molecule has 1 N–H and O–H groups in total. The monoisotopic (exact) mass is 235 g/mol. The van der Waals surface area contributed by atoms with Crippen LogP contribution in [-0.2, 0) is 6.54 Å². The van der Waals surface area contributed by atoms with Crippen LogP contribution < -0.4 is 5.32 Å². The van der Waals surface area contributed by atoms with Crippen LogP contribution in [0.15, 0.2) is 18.2 Å². The molecule has 0 aromatic heterocycles.